The molecule has 2 N–H and O–H groups in total. The molecule has 0 spiro atoms. The summed E-state index contributed by atoms with van der Waals surface area (Å²) in [6, 6.07) is 3.90. The highest BCUT2D eigenvalue weighted by atomic mass is 79.9. The molecule has 6 nitrogen and oxygen atoms in total. The normalized spacial score (nSPS) is 9.81. The van der Waals surface area contributed by atoms with Crippen LogP contribution in [0.25, 0.3) is 0 Å². The smallest absolute Gasteiger partial charge is 0.414 e. The molecule has 0 bridgehead atoms. The molecule has 0 saturated heterocycles. The van der Waals surface area contributed by atoms with Crippen molar-refractivity contribution in [1.29, 1.82) is 0 Å². The first kappa shape index (κ1) is 19.7. The van der Waals surface area contributed by atoms with Gasteiger partial charge in [-0.25, -0.2) is 9.59 Å². The van der Waals surface area contributed by atoms with Gasteiger partial charge in [0.2, 0.25) is 0 Å². The number of rotatable bonds is 4. The lowest BCUT2D eigenvalue weighted by Crippen LogP contribution is -2.19. The number of halogens is 2. The van der Waals surface area contributed by atoms with Gasteiger partial charge in [-0.2, -0.15) is 0 Å². The van der Waals surface area contributed by atoms with Crippen molar-refractivity contribution in [1.82, 2.24) is 4.90 Å². The monoisotopic (exact) mass is 381 g/mol. The molecule has 0 heterocycles. The van der Waals surface area contributed by atoms with Crippen LogP contribution in [0.1, 0.15) is 5.56 Å². The Kier molecular flexibility index (Phi) is 9.00. The number of nitrogens with zero attached hydrogens (tertiary/aromatic N) is 1. The van der Waals surface area contributed by atoms with Gasteiger partial charge in [0.1, 0.15) is 6.61 Å². The number of ether oxygens (including phenoxy) is 1. The quantitative estimate of drug-likeness (QED) is 0.778. The van der Waals surface area contributed by atoms with E-state index in [1.54, 1.807) is 0 Å². The van der Waals surface area contributed by atoms with E-state index in [2.05, 4.69) is 20.8 Å². The topological polar surface area (TPSA) is 87.1 Å². The molecular weight excluding hydrogens is 366 g/mol. The standard InChI is InChI=1S/C11H15BrClNO.C2H2O4/c1-8-6-9(12)11(10(13)7-8)15-5-4-14(2)3;3-1(4)2(5)6/h6-7H,4-5H2,1-3H3;(H,3,4)(H,5,6). The lowest BCUT2D eigenvalue weighted by molar-refractivity contribution is -0.159. The summed E-state index contributed by atoms with van der Waals surface area (Å²) in [5.41, 5.74) is 1.12. The van der Waals surface area contributed by atoms with Gasteiger partial charge in [0.15, 0.2) is 5.75 Å². The number of aryl methyl sites for hydroxylation is 1. The van der Waals surface area contributed by atoms with E-state index >= 15 is 0 Å². The Hall–Kier alpha value is -1.31. The molecule has 1 rings (SSSR count). The first-order valence-electron chi connectivity index (χ1n) is 5.84. The highest BCUT2D eigenvalue weighted by Gasteiger charge is 2.07. The maximum absolute atomic E-state index is 9.10. The summed E-state index contributed by atoms with van der Waals surface area (Å²) in [6.45, 7) is 3.51. The van der Waals surface area contributed by atoms with Crippen LogP contribution in [0.5, 0.6) is 5.75 Å². The number of benzene rings is 1. The zero-order chi connectivity index (χ0) is 16.6. The van der Waals surface area contributed by atoms with E-state index in [4.69, 9.17) is 36.1 Å². The molecule has 0 fully saturated rings. The van der Waals surface area contributed by atoms with Gasteiger partial charge in [0.25, 0.3) is 0 Å². The Labute approximate surface area is 136 Å². The van der Waals surface area contributed by atoms with Crippen molar-refractivity contribution in [2.24, 2.45) is 0 Å². The maximum Gasteiger partial charge on any atom is 0.414 e. The van der Waals surface area contributed by atoms with Crippen molar-refractivity contribution in [3.63, 3.8) is 0 Å². The van der Waals surface area contributed by atoms with Gasteiger partial charge < -0.3 is 19.8 Å². The molecule has 8 heteroatoms. The van der Waals surface area contributed by atoms with Crippen LogP contribution in [-0.4, -0.2) is 54.3 Å². The average molecular weight is 383 g/mol. The Morgan fingerprint density at radius 1 is 1.29 bits per heavy atom. The zero-order valence-electron chi connectivity index (χ0n) is 11.9. The Bertz CT molecular complexity index is 472. The van der Waals surface area contributed by atoms with Crippen LogP contribution in [-0.2, 0) is 9.59 Å². The Morgan fingerprint density at radius 3 is 2.19 bits per heavy atom. The summed E-state index contributed by atoms with van der Waals surface area (Å²) >= 11 is 9.52. The van der Waals surface area contributed by atoms with Crippen LogP contribution in [0.2, 0.25) is 5.02 Å². The van der Waals surface area contributed by atoms with Crippen LogP contribution >= 0.6 is 27.5 Å². The van der Waals surface area contributed by atoms with Gasteiger partial charge in [0.05, 0.1) is 9.50 Å². The second kappa shape index (κ2) is 9.59. The predicted octanol–water partition coefficient (Wildman–Crippen LogP) is 2.51. The molecule has 118 valence electrons. The fourth-order valence-corrected chi connectivity index (χ4v) is 2.29. The van der Waals surface area contributed by atoms with Gasteiger partial charge in [-0.05, 0) is 54.6 Å². The SMILES string of the molecule is Cc1cc(Cl)c(OCCN(C)C)c(Br)c1.O=C(O)C(=O)O. The number of hydrogen-bond donors (Lipinski definition) is 2. The van der Waals surface area contributed by atoms with Crippen LogP contribution < -0.4 is 4.74 Å². The lowest BCUT2D eigenvalue weighted by Gasteiger charge is -2.13. The van der Waals surface area contributed by atoms with Crippen LogP contribution in [0.4, 0.5) is 0 Å². The van der Waals surface area contributed by atoms with E-state index in [1.807, 2.05) is 33.2 Å². The van der Waals surface area contributed by atoms with Crippen molar-refractivity contribution in [3.8, 4) is 5.75 Å². The first-order valence-corrected chi connectivity index (χ1v) is 7.01. The number of likely N-dealkylation sites (N-methyl/N-ethyl adjacent to an activating group) is 1. The molecule has 0 aromatic heterocycles. The Balaban J connectivity index is 0.000000567. The minimum absolute atomic E-state index is 0.633. The van der Waals surface area contributed by atoms with E-state index < -0.39 is 11.9 Å². The highest BCUT2D eigenvalue weighted by Crippen LogP contribution is 2.34. The molecule has 0 amide bonds. The zero-order valence-corrected chi connectivity index (χ0v) is 14.2. The highest BCUT2D eigenvalue weighted by molar-refractivity contribution is 9.10. The molecule has 0 saturated carbocycles. The summed E-state index contributed by atoms with van der Waals surface area (Å²) in [6.07, 6.45) is 0. The minimum Gasteiger partial charge on any atom is -0.490 e. The molecular formula is C13H17BrClNO5. The van der Waals surface area contributed by atoms with E-state index in [0.29, 0.717) is 11.6 Å². The third kappa shape index (κ3) is 8.54. The summed E-state index contributed by atoms with van der Waals surface area (Å²) in [4.78, 5) is 20.3. The molecule has 0 aliphatic carbocycles. The molecule has 0 unspecified atom stereocenters. The second-order valence-electron chi connectivity index (χ2n) is 4.32. The fourth-order valence-electron chi connectivity index (χ4n) is 1.15. The summed E-state index contributed by atoms with van der Waals surface area (Å²) in [7, 11) is 4.02. The summed E-state index contributed by atoms with van der Waals surface area (Å²) in [5, 5.41) is 15.4. The van der Waals surface area contributed by atoms with Crippen molar-refractivity contribution < 1.29 is 24.5 Å². The number of carbonyl (C=O) groups is 2. The third-order valence-corrected chi connectivity index (χ3v) is 2.98. The fraction of sp³-hybridized carbons (Fsp3) is 0.385. The van der Waals surface area contributed by atoms with Crippen molar-refractivity contribution in [3.05, 3.63) is 27.2 Å². The van der Waals surface area contributed by atoms with E-state index in [1.165, 1.54) is 0 Å². The van der Waals surface area contributed by atoms with Gasteiger partial charge in [-0.1, -0.05) is 11.6 Å². The van der Waals surface area contributed by atoms with E-state index in [0.717, 1.165) is 22.3 Å². The average Bonchev–Trinajstić information content (AvgIpc) is 2.32. The van der Waals surface area contributed by atoms with Crippen molar-refractivity contribution in [2.75, 3.05) is 27.2 Å². The molecule has 0 atom stereocenters. The van der Waals surface area contributed by atoms with E-state index in [9.17, 15) is 0 Å². The van der Waals surface area contributed by atoms with Gasteiger partial charge in [-0.15, -0.1) is 0 Å². The summed E-state index contributed by atoms with van der Waals surface area (Å²) in [5.74, 6) is -2.92. The number of hydrogen-bond acceptors (Lipinski definition) is 4. The van der Waals surface area contributed by atoms with Crippen molar-refractivity contribution >= 4 is 39.5 Å². The molecule has 0 aliphatic rings. The number of carboxylic acid groups (broad SMARTS) is 2. The number of aliphatic carboxylic acids is 2. The maximum atomic E-state index is 9.10. The largest absolute Gasteiger partial charge is 0.490 e. The number of carboxylic acids is 2. The van der Waals surface area contributed by atoms with Gasteiger partial charge in [0, 0.05) is 6.54 Å². The van der Waals surface area contributed by atoms with Crippen LogP contribution in [0.15, 0.2) is 16.6 Å². The van der Waals surface area contributed by atoms with E-state index in [-0.39, 0.29) is 0 Å². The molecule has 0 radical (unpaired) electrons. The van der Waals surface area contributed by atoms with Gasteiger partial charge >= 0.3 is 11.9 Å². The molecule has 21 heavy (non-hydrogen) atoms. The predicted molar refractivity (Wildman–Crippen MR) is 83.2 cm³/mol. The summed E-state index contributed by atoms with van der Waals surface area (Å²) < 4.78 is 6.52. The van der Waals surface area contributed by atoms with Crippen molar-refractivity contribution in [2.45, 2.75) is 6.92 Å². The first-order chi connectivity index (χ1) is 9.65. The Morgan fingerprint density at radius 2 is 1.81 bits per heavy atom. The van der Waals surface area contributed by atoms with Crippen LogP contribution in [0, 0.1) is 6.92 Å². The third-order valence-electron chi connectivity index (χ3n) is 2.11. The van der Waals surface area contributed by atoms with Gasteiger partial charge in [-0.3, -0.25) is 0 Å². The van der Waals surface area contributed by atoms with Crippen LogP contribution in [0.3, 0.4) is 0 Å². The molecule has 0 aliphatic heterocycles. The second-order valence-corrected chi connectivity index (χ2v) is 5.58. The lowest BCUT2D eigenvalue weighted by atomic mass is 10.2. The molecule has 1 aromatic rings. The molecule has 1 aromatic carbocycles. The minimum atomic E-state index is -1.82.